The standard InChI is InChI=1S/C24H21N7/c1-14-5-6-16(19-4-2-3-9-27-19)17-11-22(28-21(17)10-14)24-23-20(30-31-24)8-7-18(29-23)15(12-25)13-26/h2-9,11-13,25,28H,10,26H2,1H3,(H,30,31)/b15-13+,25-12?. The summed E-state index contributed by atoms with van der Waals surface area (Å²) in [7, 11) is 0. The molecule has 7 heteroatoms. The fourth-order valence-electron chi connectivity index (χ4n) is 3.86. The lowest BCUT2D eigenvalue weighted by atomic mass is 10.0. The van der Waals surface area contributed by atoms with Gasteiger partial charge in [-0.15, -0.1) is 0 Å². The second-order valence-corrected chi connectivity index (χ2v) is 7.49. The number of hydrogen-bond acceptors (Lipinski definition) is 5. The number of nitrogens with one attached hydrogen (secondary N) is 3. The number of pyridine rings is 2. The fraction of sp³-hybridized carbons (Fsp3) is 0.0833. The molecule has 0 saturated heterocycles. The summed E-state index contributed by atoms with van der Waals surface area (Å²) in [5, 5.41) is 15.1. The van der Waals surface area contributed by atoms with Crippen LogP contribution in [0.3, 0.4) is 0 Å². The van der Waals surface area contributed by atoms with Gasteiger partial charge in [-0.3, -0.25) is 10.1 Å². The van der Waals surface area contributed by atoms with Crippen molar-refractivity contribution in [2.24, 2.45) is 5.73 Å². The van der Waals surface area contributed by atoms with Crippen LogP contribution in [0.2, 0.25) is 0 Å². The van der Waals surface area contributed by atoms with Crippen molar-refractivity contribution in [2.45, 2.75) is 13.3 Å². The van der Waals surface area contributed by atoms with Gasteiger partial charge in [0.05, 0.1) is 22.6 Å². The van der Waals surface area contributed by atoms with Gasteiger partial charge < -0.3 is 16.1 Å². The highest BCUT2D eigenvalue weighted by Gasteiger charge is 2.20. The monoisotopic (exact) mass is 407 g/mol. The molecule has 4 heterocycles. The van der Waals surface area contributed by atoms with Crippen LogP contribution in [0, 0.1) is 5.41 Å². The van der Waals surface area contributed by atoms with Crippen LogP contribution >= 0.6 is 0 Å². The average Bonchev–Trinajstić information content (AvgIpc) is 3.36. The third-order valence-corrected chi connectivity index (χ3v) is 5.41. The summed E-state index contributed by atoms with van der Waals surface area (Å²) in [4.78, 5) is 12.8. The molecule has 1 aliphatic rings. The molecule has 5 rings (SSSR count). The fourth-order valence-corrected chi connectivity index (χ4v) is 3.86. The third-order valence-electron chi connectivity index (χ3n) is 5.41. The molecule has 0 saturated carbocycles. The number of hydrogen-bond donors (Lipinski definition) is 4. The molecule has 4 aromatic rings. The van der Waals surface area contributed by atoms with Crippen molar-refractivity contribution in [1.82, 2.24) is 25.1 Å². The zero-order valence-electron chi connectivity index (χ0n) is 17.0. The highest BCUT2D eigenvalue weighted by molar-refractivity contribution is 6.08. The first-order valence-electron chi connectivity index (χ1n) is 9.97. The number of allylic oxidation sites excluding steroid dienone is 4. The van der Waals surface area contributed by atoms with Crippen molar-refractivity contribution in [3.63, 3.8) is 0 Å². The molecule has 1 aliphatic carbocycles. The summed E-state index contributed by atoms with van der Waals surface area (Å²) >= 11 is 0. The summed E-state index contributed by atoms with van der Waals surface area (Å²) < 4.78 is 0. The van der Waals surface area contributed by atoms with Crippen molar-refractivity contribution in [3.8, 4) is 11.4 Å². The van der Waals surface area contributed by atoms with Crippen LogP contribution in [0.1, 0.15) is 29.6 Å². The van der Waals surface area contributed by atoms with E-state index in [-0.39, 0.29) is 0 Å². The van der Waals surface area contributed by atoms with E-state index in [1.165, 1.54) is 18.0 Å². The Labute approximate surface area is 179 Å². The van der Waals surface area contributed by atoms with Crippen LogP contribution in [0.4, 0.5) is 0 Å². The van der Waals surface area contributed by atoms with Gasteiger partial charge in [-0.05, 0) is 37.3 Å². The third kappa shape index (κ3) is 3.26. The van der Waals surface area contributed by atoms with Crippen LogP contribution in [0.25, 0.3) is 33.6 Å². The summed E-state index contributed by atoms with van der Waals surface area (Å²) in [5.41, 5.74) is 15.5. The van der Waals surface area contributed by atoms with Crippen LogP contribution in [-0.2, 0) is 6.42 Å². The minimum absolute atomic E-state index is 0.553. The molecule has 0 fully saturated rings. The Morgan fingerprint density at radius 2 is 2.10 bits per heavy atom. The van der Waals surface area contributed by atoms with Crippen molar-refractivity contribution in [2.75, 3.05) is 0 Å². The van der Waals surface area contributed by atoms with E-state index < -0.39 is 0 Å². The smallest absolute Gasteiger partial charge is 0.135 e. The first kappa shape index (κ1) is 18.7. The SMILES string of the molecule is CC1=CC=C(c2ccccn2)c2cc(-c3n[nH]c4ccc(/C(C=N)=C/N)nc34)[nH]c2C1. The Kier molecular flexibility index (Phi) is 4.55. The van der Waals surface area contributed by atoms with Gasteiger partial charge in [-0.2, -0.15) is 5.10 Å². The molecule has 5 N–H and O–H groups in total. The van der Waals surface area contributed by atoms with E-state index >= 15 is 0 Å². The number of nitrogens with two attached hydrogens (primary N) is 1. The van der Waals surface area contributed by atoms with Crippen LogP contribution in [-0.4, -0.2) is 31.4 Å². The zero-order chi connectivity index (χ0) is 21.4. The normalized spacial score (nSPS) is 14.0. The molecule has 152 valence electrons. The molecule has 4 aromatic heterocycles. The van der Waals surface area contributed by atoms with Gasteiger partial charge in [0.15, 0.2) is 0 Å². The van der Waals surface area contributed by atoms with Gasteiger partial charge >= 0.3 is 0 Å². The molecule has 0 aromatic carbocycles. The maximum Gasteiger partial charge on any atom is 0.135 e. The summed E-state index contributed by atoms with van der Waals surface area (Å²) in [5.74, 6) is 0. The number of rotatable bonds is 4. The number of fused-ring (bicyclic) bond motifs is 2. The molecule has 0 spiro atoms. The van der Waals surface area contributed by atoms with E-state index in [4.69, 9.17) is 16.1 Å². The van der Waals surface area contributed by atoms with Crippen molar-refractivity contribution in [1.29, 1.82) is 5.41 Å². The lowest BCUT2D eigenvalue weighted by Gasteiger charge is -2.05. The van der Waals surface area contributed by atoms with E-state index in [2.05, 4.69) is 45.3 Å². The topological polar surface area (TPSA) is 120 Å². The minimum Gasteiger partial charge on any atom is -0.404 e. The Morgan fingerprint density at radius 3 is 2.87 bits per heavy atom. The molecule has 0 aliphatic heterocycles. The van der Waals surface area contributed by atoms with Crippen LogP contribution in [0.5, 0.6) is 0 Å². The summed E-state index contributed by atoms with van der Waals surface area (Å²) in [6, 6.07) is 11.8. The van der Waals surface area contributed by atoms with Gasteiger partial charge in [0.2, 0.25) is 0 Å². The molecule has 0 unspecified atom stereocenters. The Bertz CT molecular complexity index is 1380. The number of nitrogens with zero attached hydrogens (tertiary/aromatic N) is 3. The van der Waals surface area contributed by atoms with E-state index in [0.29, 0.717) is 11.3 Å². The number of aromatic amines is 2. The summed E-state index contributed by atoms with van der Waals surface area (Å²) in [6.07, 6.45) is 9.48. The highest BCUT2D eigenvalue weighted by Crippen LogP contribution is 2.34. The quantitative estimate of drug-likeness (QED) is 0.378. The second kappa shape index (κ2) is 7.53. The van der Waals surface area contributed by atoms with Gasteiger partial charge in [-0.1, -0.05) is 23.8 Å². The molecule has 0 amide bonds. The summed E-state index contributed by atoms with van der Waals surface area (Å²) in [6.45, 7) is 2.12. The van der Waals surface area contributed by atoms with E-state index in [1.54, 1.807) is 0 Å². The predicted octanol–water partition coefficient (Wildman–Crippen LogP) is 4.23. The first-order chi connectivity index (χ1) is 15.2. The second-order valence-electron chi connectivity index (χ2n) is 7.49. The predicted molar refractivity (Wildman–Crippen MR) is 123 cm³/mol. The zero-order valence-corrected chi connectivity index (χ0v) is 17.0. The molecule has 0 atom stereocenters. The van der Waals surface area contributed by atoms with Gasteiger partial charge in [0.1, 0.15) is 11.2 Å². The maximum atomic E-state index is 7.56. The van der Waals surface area contributed by atoms with Gasteiger partial charge in [0, 0.05) is 47.4 Å². The Hall–Kier alpha value is -4.26. The lowest BCUT2D eigenvalue weighted by molar-refractivity contribution is 1.06. The maximum absolute atomic E-state index is 7.56. The number of aromatic nitrogens is 5. The minimum atomic E-state index is 0.553. The molecular formula is C24H21N7. The van der Waals surface area contributed by atoms with Gasteiger partial charge in [0.25, 0.3) is 0 Å². The molecular weight excluding hydrogens is 386 g/mol. The lowest BCUT2D eigenvalue weighted by Crippen LogP contribution is -1.94. The van der Waals surface area contributed by atoms with Gasteiger partial charge in [-0.25, -0.2) is 4.98 Å². The number of H-pyrrole nitrogens is 2. The van der Waals surface area contributed by atoms with Crippen LogP contribution < -0.4 is 5.73 Å². The molecule has 7 nitrogen and oxygen atoms in total. The van der Waals surface area contributed by atoms with E-state index in [9.17, 15) is 0 Å². The Balaban J connectivity index is 1.66. The highest BCUT2D eigenvalue weighted by atomic mass is 15.1. The first-order valence-corrected chi connectivity index (χ1v) is 9.97. The van der Waals surface area contributed by atoms with Crippen molar-refractivity contribution < 1.29 is 0 Å². The Morgan fingerprint density at radius 1 is 1.19 bits per heavy atom. The van der Waals surface area contributed by atoms with E-state index in [1.807, 2.05) is 36.5 Å². The van der Waals surface area contributed by atoms with Crippen molar-refractivity contribution >= 4 is 28.4 Å². The van der Waals surface area contributed by atoms with E-state index in [0.717, 1.165) is 51.4 Å². The molecule has 0 bridgehead atoms. The largest absolute Gasteiger partial charge is 0.404 e. The van der Waals surface area contributed by atoms with Crippen molar-refractivity contribution in [3.05, 3.63) is 89.2 Å². The van der Waals surface area contributed by atoms with Crippen LogP contribution in [0.15, 0.2) is 66.5 Å². The molecule has 31 heavy (non-hydrogen) atoms. The average molecular weight is 407 g/mol. The molecule has 0 radical (unpaired) electrons.